The molecule has 0 radical (unpaired) electrons. The maximum absolute atomic E-state index is 13.3. The number of aromatic nitrogens is 4. The van der Waals surface area contributed by atoms with E-state index in [1.165, 1.54) is 19.1 Å². The molecule has 0 unspecified atom stereocenters. The van der Waals surface area contributed by atoms with Crippen molar-refractivity contribution in [1.29, 1.82) is 0 Å². The molecule has 0 aliphatic carbocycles. The number of halogens is 3. The Balaban J connectivity index is 1.82. The molecule has 34 heavy (non-hydrogen) atoms. The highest BCUT2D eigenvalue weighted by Gasteiger charge is 2.39. The molecular formula is C23H22F3N5O3. The summed E-state index contributed by atoms with van der Waals surface area (Å²) in [6.07, 6.45) is -2.35. The van der Waals surface area contributed by atoms with Crippen molar-refractivity contribution < 1.29 is 27.8 Å². The minimum absolute atomic E-state index is 0.343. The van der Waals surface area contributed by atoms with Gasteiger partial charge in [-0.15, -0.1) is 0 Å². The van der Waals surface area contributed by atoms with E-state index in [9.17, 15) is 18.3 Å². The number of methoxy groups -OCH3 is 2. The Bertz CT molecular complexity index is 1290. The molecule has 0 amide bonds. The number of alkyl halides is 3. The molecule has 0 saturated heterocycles. The van der Waals surface area contributed by atoms with Gasteiger partial charge in [-0.3, -0.25) is 9.67 Å². The predicted octanol–water partition coefficient (Wildman–Crippen LogP) is 4.11. The smallest absolute Gasteiger partial charge is 0.416 e. The van der Waals surface area contributed by atoms with Crippen LogP contribution in [0.3, 0.4) is 0 Å². The van der Waals surface area contributed by atoms with E-state index in [1.807, 2.05) is 0 Å². The quantitative estimate of drug-likeness (QED) is 0.432. The van der Waals surface area contributed by atoms with Gasteiger partial charge in [-0.25, -0.2) is 4.98 Å². The number of aliphatic hydroxyl groups excluding tert-OH is 1. The van der Waals surface area contributed by atoms with Crippen LogP contribution in [-0.4, -0.2) is 57.9 Å². The number of aliphatic hydroxyl groups is 1. The highest BCUT2D eigenvalue weighted by Crippen LogP contribution is 2.35. The minimum Gasteiger partial charge on any atom is -0.497 e. The standard InChI is InChI=1S/C23H22F3N5O3/c1-30-12-14(10-28-30)21-11-27-19-5-4-15(8-20(19)29-21)31(13-22(32)23(24,25)26)16-6-17(33-2)9-18(7-16)34-3/h4-12,22,32H,13H2,1-3H3/t22-/m0/s1. The third-order valence-electron chi connectivity index (χ3n) is 5.22. The summed E-state index contributed by atoms with van der Waals surface area (Å²) in [7, 11) is 4.67. The van der Waals surface area contributed by atoms with Crippen LogP contribution in [0.15, 0.2) is 55.0 Å². The molecule has 11 heteroatoms. The summed E-state index contributed by atoms with van der Waals surface area (Å²) in [4.78, 5) is 10.4. The maximum Gasteiger partial charge on any atom is 0.416 e. The van der Waals surface area contributed by atoms with E-state index >= 15 is 0 Å². The van der Waals surface area contributed by atoms with E-state index < -0.39 is 18.8 Å². The van der Waals surface area contributed by atoms with Gasteiger partial charge in [0.05, 0.1) is 49.9 Å². The SMILES string of the molecule is COc1cc(OC)cc(N(C[C@H](O)C(F)(F)F)c2ccc3ncc(-c4cnn(C)c4)nc3c2)c1. The molecule has 0 fully saturated rings. The molecule has 8 nitrogen and oxygen atoms in total. The number of ether oxygens (including phenoxy) is 2. The number of nitrogens with zero attached hydrogens (tertiary/aromatic N) is 5. The van der Waals surface area contributed by atoms with Gasteiger partial charge < -0.3 is 19.5 Å². The molecule has 0 aliphatic heterocycles. The minimum atomic E-state index is -4.80. The molecule has 0 saturated carbocycles. The van der Waals surface area contributed by atoms with Gasteiger partial charge in [0.25, 0.3) is 0 Å². The zero-order valence-corrected chi connectivity index (χ0v) is 18.6. The average molecular weight is 473 g/mol. The van der Waals surface area contributed by atoms with E-state index in [2.05, 4.69) is 15.1 Å². The van der Waals surface area contributed by atoms with Crippen LogP contribution < -0.4 is 14.4 Å². The van der Waals surface area contributed by atoms with Gasteiger partial charge in [0, 0.05) is 48.4 Å². The average Bonchev–Trinajstić information content (AvgIpc) is 3.26. The summed E-state index contributed by atoms with van der Waals surface area (Å²) in [6, 6.07) is 9.64. The van der Waals surface area contributed by atoms with Gasteiger partial charge in [0.2, 0.25) is 0 Å². The molecule has 0 bridgehead atoms. The Morgan fingerprint density at radius 1 is 1.00 bits per heavy atom. The Kier molecular flexibility index (Phi) is 6.29. The Labute approximate surface area is 193 Å². The summed E-state index contributed by atoms with van der Waals surface area (Å²) in [5.41, 5.74) is 3.09. The third kappa shape index (κ3) is 4.88. The van der Waals surface area contributed by atoms with E-state index in [-0.39, 0.29) is 0 Å². The fourth-order valence-corrected chi connectivity index (χ4v) is 3.44. The lowest BCUT2D eigenvalue weighted by atomic mass is 10.1. The summed E-state index contributed by atoms with van der Waals surface area (Å²) in [5.74, 6) is 0.778. The van der Waals surface area contributed by atoms with Crippen molar-refractivity contribution in [3.63, 3.8) is 0 Å². The number of fused-ring (bicyclic) bond motifs is 1. The molecule has 2 heterocycles. The van der Waals surface area contributed by atoms with Crippen LogP contribution in [0.1, 0.15) is 0 Å². The summed E-state index contributed by atoms with van der Waals surface area (Å²) >= 11 is 0. The van der Waals surface area contributed by atoms with Crippen molar-refractivity contribution in [2.45, 2.75) is 12.3 Å². The molecule has 2 aromatic heterocycles. The highest BCUT2D eigenvalue weighted by molar-refractivity contribution is 5.82. The molecule has 0 aliphatic rings. The Morgan fingerprint density at radius 2 is 1.71 bits per heavy atom. The fraction of sp³-hybridized carbons (Fsp3) is 0.261. The van der Waals surface area contributed by atoms with Gasteiger partial charge in [-0.05, 0) is 18.2 Å². The first-order valence-corrected chi connectivity index (χ1v) is 10.2. The fourth-order valence-electron chi connectivity index (χ4n) is 3.44. The summed E-state index contributed by atoms with van der Waals surface area (Å²) < 4.78 is 52.0. The van der Waals surface area contributed by atoms with Crippen molar-refractivity contribution in [2.24, 2.45) is 7.05 Å². The number of rotatable bonds is 7. The lowest BCUT2D eigenvalue weighted by molar-refractivity contribution is -0.199. The molecule has 178 valence electrons. The number of aryl methyl sites for hydroxylation is 1. The molecule has 0 spiro atoms. The van der Waals surface area contributed by atoms with Crippen LogP contribution in [0.5, 0.6) is 11.5 Å². The van der Waals surface area contributed by atoms with Gasteiger partial charge in [0.15, 0.2) is 6.10 Å². The van der Waals surface area contributed by atoms with Crippen LogP contribution in [0.4, 0.5) is 24.5 Å². The van der Waals surface area contributed by atoms with Crippen LogP contribution in [0.2, 0.25) is 0 Å². The normalized spacial score (nSPS) is 12.6. The van der Waals surface area contributed by atoms with Gasteiger partial charge in [-0.2, -0.15) is 18.3 Å². The topological polar surface area (TPSA) is 85.5 Å². The van der Waals surface area contributed by atoms with Crippen molar-refractivity contribution in [3.8, 4) is 22.8 Å². The third-order valence-corrected chi connectivity index (χ3v) is 5.22. The largest absolute Gasteiger partial charge is 0.497 e. The van der Waals surface area contributed by atoms with E-state index in [0.717, 1.165) is 5.56 Å². The molecular weight excluding hydrogens is 451 g/mol. The van der Waals surface area contributed by atoms with Crippen molar-refractivity contribution in [3.05, 3.63) is 55.0 Å². The first-order valence-electron chi connectivity index (χ1n) is 10.2. The second kappa shape index (κ2) is 9.18. The van der Waals surface area contributed by atoms with Crippen LogP contribution in [0.25, 0.3) is 22.3 Å². The molecule has 4 aromatic rings. The number of hydrogen-bond acceptors (Lipinski definition) is 7. The monoisotopic (exact) mass is 473 g/mol. The van der Waals surface area contributed by atoms with Crippen LogP contribution in [0, 0.1) is 0 Å². The van der Waals surface area contributed by atoms with Crippen LogP contribution >= 0.6 is 0 Å². The lowest BCUT2D eigenvalue weighted by Gasteiger charge is -2.29. The predicted molar refractivity (Wildman–Crippen MR) is 120 cm³/mol. The zero-order valence-electron chi connectivity index (χ0n) is 18.6. The van der Waals surface area contributed by atoms with E-state index in [4.69, 9.17) is 9.47 Å². The molecule has 4 rings (SSSR count). The molecule has 2 aromatic carbocycles. The lowest BCUT2D eigenvalue weighted by Crippen LogP contribution is -2.39. The van der Waals surface area contributed by atoms with Crippen molar-refractivity contribution >= 4 is 22.4 Å². The number of hydrogen-bond donors (Lipinski definition) is 1. The molecule has 1 atom stereocenters. The van der Waals surface area contributed by atoms with Crippen LogP contribution in [-0.2, 0) is 7.05 Å². The number of benzene rings is 2. The Hall–Kier alpha value is -3.86. The summed E-state index contributed by atoms with van der Waals surface area (Å²) in [5, 5.41) is 14.0. The Morgan fingerprint density at radius 3 is 2.29 bits per heavy atom. The zero-order chi connectivity index (χ0) is 24.5. The highest BCUT2D eigenvalue weighted by atomic mass is 19.4. The molecule has 1 N–H and O–H groups in total. The van der Waals surface area contributed by atoms with Crippen molar-refractivity contribution in [2.75, 3.05) is 25.7 Å². The maximum atomic E-state index is 13.3. The van der Waals surface area contributed by atoms with Gasteiger partial charge in [-0.1, -0.05) is 0 Å². The second-order valence-corrected chi connectivity index (χ2v) is 7.57. The first-order chi connectivity index (χ1) is 16.2. The van der Waals surface area contributed by atoms with E-state index in [0.29, 0.717) is 39.6 Å². The van der Waals surface area contributed by atoms with Crippen molar-refractivity contribution in [1.82, 2.24) is 19.7 Å². The van der Waals surface area contributed by atoms with E-state index in [1.54, 1.807) is 66.7 Å². The van der Waals surface area contributed by atoms with Gasteiger partial charge >= 0.3 is 6.18 Å². The number of anilines is 2. The summed E-state index contributed by atoms with van der Waals surface area (Å²) in [6.45, 7) is -0.749. The first kappa shape index (κ1) is 23.3. The second-order valence-electron chi connectivity index (χ2n) is 7.57. The van der Waals surface area contributed by atoms with Gasteiger partial charge in [0.1, 0.15) is 11.5 Å².